The van der Waals surface area contributed by atoms with Crippen LogP contribution in [0.2, 0.25) is 0 Å². The molecule has 0 saturated carbocycles. The molecule has 1 aromatic heterocycles. The number of hydrogen-bond acceptors (Lipinski definition) is 4. The standard InChI is InChI=1S/C21H19F3N2O2S/c1-13-7-8-17-18(10-13)29-20(25-17)26(12-16-6-3-9-28-16)19(27)14-4-2-5-15(11-14)21(22,23)24/h2,4-5,7-8,10-11,16H,3,6,9,12H2,1H3. The molecular formula is C21H19F3N2O2S. The van der Waals surface area contributed by atoms with Gasteiger partial charge < -0.3 is 4.74 Å². The summed E-state index contributed by atoms with van der Waals surface area (Å²) in [4.78, 5) is 19.2. The zero-order valence-electron chi connectivity index (χ0n) is 15.7. The van der Waals surface area contributed by atoms with E-state index in [9.17, 15) is 18.0 Å². The first-order valence-electron chi connectivity index (χ1n) is 9.29. The van der Waals surface area contributed by atoms with Gasteiger partial charge in [-0.3, -0.25) is 9.69 Å². The molecule has 0 radical (unpaired) electrons. The molecule has 1 fully saturated rings. The Hall–Kier alpha value is -2.45. The lowest BCUT2D eigenvalue weighted by Crippen LogP contribution is -2.37. The molecule has 1 unspecified atom stereocenters. The summed E-state index contributed by atoms with van der Waals surface area (Å²) < 4.78 is 45.9. The minimum atomic E-state index is -4.51. The van der Waals surface area contributed by atoms with Crippen LogP contribution < -0.4 is 4.90 Å². The van der Waals surface area contributed by atoms with Crippen molar-refractivity contribution in [3.8, 4) is 0 Å². The summed E-state index contributed by atoms with van der Waals surface area (Å²) >= 11 is 1.35. The molecule has 1 atom stereocenters. The number of benzene rings is 2. The van der Waals surface area contributed by atoms with Gasteiger partial charge in [-0.25, -0.2) is 4.98 Å². The molecule has 8 heteroatoms. The Morgan fingerprint density at radius 3 is 2.83 bits per heavy atom. The lowest BCUT2D eigenvalue weighted by Gasteiger charge is -2.23. The van der Waals surface area contributed by atoms with E-state index in [1.165, 1.54) is 28.4 Å². The Balaban J connectivity index is 1.72. The Morgan fingerprint density at radius 1 is 1.28 bits per heavy atom. The fourth-order valence-electron chi connectivity index (χ4n) is 3.36. The molecule has 1 aliphatic rings. The van der Waals surface area contributed by atoms with E-state index in [2.05, 4.69) is 4.98 Å². The lowest BCUT2D eigenvalue weighted by atomic mass is 10.1. The first kappa shape index (κ1) is 19.8. The third-order valence-electron chi connectivity index (χ3n) is 4.86. The van der Waals surface area contributed by atoms with Crippen LogP contribution >= 0.6 is 11.3 Å². The monoisotopic (exact) mass is 420 g/mol. The van der Waals surface area contributed by atoms with Crippen LogP contribution in [-0.4, -0.2) is 30.1 Å². The van der Waals surface area contributed by atoms with Crippen molar-refractivity contribution < 1.29 is 22.7 Å². The number of hydrogen-bond donors (Lipinski definition) is 0. The summed E-state index contributed by atoms with van der Waals surface area (Å²) in [5.74, 6) is -0.512. The minimum absolute atomic E-state index is 0.0201. The van der Waals surface area contributed by atoms with E-state index in [0.717, 1.165) is 40.8 Å². The molecule has 2 heterocycles. The lowest BCUT2D eigenvalue weighted by molar-refractivity contribution is -0.137. The summed E-state index contributed by atoms with van der Waals surface area (Å²) in [6, 6.07) is 10.3. The Labute approximate surface area is 169 Å². The van der Waals surface area contributed by atoms with Gasteiger partial charge in [-0.1, -0.05) is 23.5 Å². The van der Waals surface area contributed by atoms with Crippen molar-refractivity contribution in [3.63, 3.8) is 0 Å². The van der Waals surface area contributed by atoms with E-state index in [1.54, 1.807) is 0 Å². The van der Waals surface area contributed by atoms with Crippen LogP contribution in [0.25, 0.3) is 10.2 Å². The number of rotatable bonds is 4. The SMILES string of the molecule is Cc1ccc2nc(N(CC3CCCO3)C(=O)c3cccc(C(F)(F)F)c3)sc2c1. The predicted octanol–water partition coefficient (Wildman–Crippen LogP) is 5.45. The second-order valence-corrected chi connectivity index (χ2v) is 8.11. The highest BCUT2D eigenvalue weighted by molar-refractivity contribution is 7.22. The van der Waals surface area contributed by atoms with E-state index in [4.69, 9.17) is 4.74 Å². The molecule has 0 spiro atoms. The van der Waals surface area contributed by atoms with E-state index >= 15 is 0 Å². The summed E-state index contributed by atoms with van der Waals surface area (Å²) in [6.07, 6.45) is -2.96. The quantitative estimate of drug-likeness (QED) is 0.564. The second-order valence-electron chi connectivity index (χ2n) is 7.10. The van der Waals surface area contributed by atoms with E-state index in [0.29, 0.717) is 11.7 Å². The number of amides is 1. The van der Waals surface area contributed by atoms with E-state index in [1.807, 2.05) is 25.1 Å². The van der Waals surface area contributed by atoms with E-state index in [-0.39, 0.29) is 18.2 Å². The van der Waals surface area contributed by atoms with Crippen molar-refractivity contribution in [2.45, 2.75) is 32.0 Å². The van der Waals surface area contributed by atoms with E-state index < -0.39 is 17.6 Å². The van der Waals surface area contributed by atoms with Crippen LogP contribution in [0.3, 0.4) is 0 Å². The van der Waals surface area contributed by atoms with Crippen LogP contribution in [0.15, 0.2) is 42.5 Å². The van der Waals surface area contributed by atoms with Crippen LogP contribution in [0.4, 0.5) is 18.3 Å². The number of alkyl halides is 3. The van der Waals surface area contributed by atoms with Gasteiger partial charge in [0.25, 0.3) is 5.91 Å². The number of ether oxygens (including phenoxy) is 1. The summed E-state index contributed by atoms with van der Waals surface area (Å²) in [5.41, 5.74) is 0.959. The highest BCUT2D eigenvalue weighted by Crippen LogP contribution is 2.33. The van der Waals surface area contributed by atoms with Crippen molar-refractivity contribution in [1.29, 1.82) is 0 Å². The average Bonchev–Trinajstić information content (AvgIpc) is 3.34. The molecule has 1 amide bonds. The number of aromatic nitrogens is 1. The van der Waals surface area contributed by atoms with Crippen molar-refractivity contribution in [1.82, 2.24) is 4.98 Å². The van der Waals surface area contributed by atoms with Gasteiger partial charge in [0, 0.05) is 12.2 Å². The molecule has 29 heavy (non-hydrogen) atoms. The number of nitrogens with zero attached hydrogens (tertiary/aromatic N) is 2. The molecule has 0 aliphatic carbocycles. The van der Waals surface area contributed by atoms with Crippen LogP contribution in [-0.2, 0) is 10.9 Å². The fourth-order valence-corrected chi connectivity index (χ4v) is 4.43. The number of thiazole rings is 1. The van der Waals surface area contributed by atoms with Crippen LogP contribution in [0.1, 0.15) is 34.3 Å². The van der Waals surface area contributed by atoms with Gasteiger partial charge in [-0.2, -0.15) is 13.2 Å². The van der Waals surface area contributed by atoms with Crippen molar-refractivity contribution in [2.24, 2.45) is 0 Å². The molecule has 4 nitrogen and oxygen atoms in total. The zero-order chi connectivity index (χ0) is 20.6. The largest absolute Gasteiger partial charge is 0.416 e. The Bertz CT molecular complexity index is 1040. The van der Waals surface area contributed by atoms with Crippen molar-refractivity contribution >= 4 is 32.6 Å². The smallest absolute Gasteiger partial charge is 0.376 e. The summed E-state index contributed by atoms with van der Waals surface area (Å²) in [5, 5.41) is 0.462. The maximum Gasteiger partial charge on any atom is 0.416 e. The van der Waals surface area contributed by atoms with Gasteiger partial charge in [0.15, 0.2) is 5.13 Å². The van der Waals surface area contributed by atoms with Gasteiger partial charge in [0.05, 0.1) is 28.4 Å². The molecule has 3 aromatic rings. The topological polar surface area (TPSA) is 42.4 Å². The maximum absolute atomic E-state index is 13.2. The summed E-state index contributed by atoms with van der Waals surface area (Å²) in [7, 11) is 0. The van der Waals surface area contributed by atoms with Gasteiger partial charge in [0.1, 0.15) is 0 Å². The predicted molar refractivity (Wildman–Crippen MR) is 106 cm³/mol. The van der Waals surface area contributed by atoms with Crippen LogP contribution in [0, 0.1) is 6.92 Å². The normalized spacial score (nSPS) is 17.0. The molecule has 2 aromatic carbocycles. The molecular weight excluding hydrogens is 401 g/mol. The molecule has 4 rings (SSSR count). The third-order valence-corrected chi connectivity index (χ3v) is 5.90. The number of carbonyl (C=O) groups is 1. The van der Waals surface area contributed by atoms with Gasteiger partial charge >= 0.3 is 6.18 Å². The Morgan fingerprint density at radius 2 is 2.10 bits per heavy atom. The first-order valence-corrected chi connectivity index (χ1v) is 10.1. The number of aryl methyl sites for hydroxylation is 1. The first-order chi connectivity index (χ1) is 13.8. The van der Waals surface area contributed by atoms with Gasteiger partial charge in [-0.15, -0.1) is 0 Å². The Kier molecular flexibility index (Phi) is 5.31. The highest BCUT2D eigenvalue weighted by atomic mass is 32.1. The molecule has 1 aliphatic heterocycles. The average molecular weight is 420 g/mol. The second kappa shape index (κ2) is 7.76. The van der Waals surface area contributed by atoms with Crippen molar-refractivity contribution in [3.05, 3.63) is 59.2 Å². The molecule has 1 saturated heterocycles. The maximum atomic E-state index is 13.2. The van der Waals surface area contributed by atoms with Gasteiger partial charge in [0.2, 0.25) is 0 Å². The summed E-state index contributed by atoms with van der Waals surface area (Å²) in [6.45, 7) is 2.85. The van der Waals surface area contributed by atoms with Crippen molar-refractivity contribution in [2.75, 3.05) is 18.1 Å². The van der Waals surface area contributed by atoms with Gasteiger partial charge in [-0.05, 0) is 55.7 Å². The third kappa shape index (κ3) is 4.28. The number of carbonyl (C=O) groups excluding carboxylic acids is 1. The molecule has 0 bridgehead atoms. The minimum Gasteiger partial charge on any atom is -0.376 e. The fraction of sp³-hybridized carbons (Fsp3) is 0.333. The zero-order valence-corrected chi connectivity index (χ0v) is 16.5. The molecule has 152 valence electrons. The van der Waals surface area contributed by atoms with Crippen LogP contribution in [0.5, 0.6) is 0 Å². The number of halogens is 3. The molecule has 0 N–H and O–H groups in total. The highest BCUT2D eigenvalue weighted by Gasteiger charge is 2.32. The number of fused-ring (bicyclic) bond motifs is 1. The number of anilines is 1.